The summed E-state index contributed by atoms with van der Waals surface area (Å²) in [4.78, 5) is 12.0. The van der Waals surface area contributed by atoms with Gasteiger partial charge < -0.3 is 23.5 Å². The van der Waals surface area contributed by atoms with Gasteiger partial charge in [-0.25, -0.2) is 0 Å². The van der Waals surface area contributed by atoms with Gasteiger partial charge >= 0.3 is 5.16 Å². The van der Waals surface area contributed by atoms with E-state index in [1.165, 1.54) is 0 Å². The van der Waals surface area contributed by atoms with Gasteiger partial charge in [0.25, 0.3) is 0 Å². The van der Waals surface area contributed by atoms with Crippen LogP contribution in [0.2, 0.25) is 0 Å². The first-order valence-corrected chi connectivity index (χ1v) is 12.7. The molecule has 0 radical (unpaired) electrons. The molecule has 1 aliphatic rings. The molecule has 33 heavy (non-hydrogen) atoms. The van der Waals surface area contributed by atoms with E-state index in [-0.39, 0.29) is 18.0 Å². The Labute approximate surface area is 197 Å². The van der Waals surface area contributed by atoms with Gasteiger partial charge in [0.15, 0.2) is 12.0 Å². The molecule has 1 fully saturated rings. The summed E-state index contributed by atoms with van der Waals surface area (Å²) in [6, 6.07) is 9.48. The lowest BCUT2D eigenvalue weighted by molar-refractivity contribution is -0.210. The zero-order chi connectivity index (χ0) is 23.0. The molecule has 0 bridgehead atoms. The Morgan fingerprint density at radius 2 is 2.00 bits per heavy atom. The third kappa shape index (κ3) is 6.45. The lowest BCUT2D eigenvalue weighted by atomic mass is 10.1. The first-order valence-electron chi connectivity index (χ1n) is 11.4. The fraction of sp³-hybridized carbons (Fsp3) is 0.500. The van der Waals surface area contributed by atoms with Crippen LogP contribution in [0.25, 0.3) is 11.0 Å². The van der Waals surface area contributed by atoms with Gasteiger partial charge in [0.2, 0.25) is 0 Å². The summed E-state index contributed by atoms with van der Waals surface area (Å²) in [6.07, 6.45) is 3.23. The number of rotatable bonds is 11. The number of H-pyrrole nitrogens is 1. The third-order valence-corrected chi connectivity index (χ3v) is 6.63. The Kier molecular flexibility index (Phi) is 8.57. The minimum Gasteiger partial charge on any atom is -0.609 e. The Bertz CT molecular complexity index is 989. The number of hydrogen-bond donors (Lipinski definition) is 1. The summed E-state index contributed by atoms with van der Waals surface area (Å²) >= 11 is -1.34. The summed E-state index contributed by atoms with van der Waals surface area (Å²) in [5.41, 5.74) is 3.28. The molecule has 0 saturated carbocycles. The van der Waals surface area contributed by atoms with Crippen LogP contribution in [0.15, 0.2) is 41.7 Å². The molecule has 1 aromatic carbocycles. The smallest absolute Gasteiger partial charge is 0.322 e. The fourth-order valence-corrected chi connectivity index (χ4v) is 4.67. The molecule has 0 spiro atoms. The van der Waals surface area contributed by atoms with Crippen LogP contribution in [0.4, 0.5) is 0 Å². The highest BCUT2D eigenvalue weighted by Gasteiger charge is 2.24. The molecule has 8 nitrogen and oxygen atoms in total. The maximum atomic E-state index is 12.9. The summed E-state index contributed by atoms with van der Waals surface area (Å²) in [6.45, 7) is 7.10. The van der Waals surface area contributed by atoms with Gasteiger partial charge in [-0.05, 0) is 31.5 Å². The zero-order valence-corrected chi connectivity index (χ0v) is 19.9. The molecule has 4 rings (SSSR count). The second-order valence-electron chi connectivity index (χ2n) is 8.10. The first kappa shape index (κ1) is 24.0. The predicted molar refractivity (Wildman–Crippen MR) is 126 cm³/mol. The van der Waals surface area contributed by atoms with Gasteiger partial charge in [-0.2, -0.15) is 4.98 Å². The number of para-hydroxylation sites is 2. The molecule has 0 aliphatic carbocycles. The maximum absolute atomic E-state index is 12.9. The van der Waals surface area contributed by atoms with Crippen LogP contribution < -0.4 is 4.74 Å². The van der Waals surface area contributed by atoms with E-state index >= 15 is 0 Å². The van der Waals surface area contributed by atoms with Crippen molar-refractivity contribution in [3.63, 3.8) is 0 Å². The highest BCUT2D eigenvalue weighted by atomic mass is 32.2. The van der Waals surface area contributed by atoms with Gasteiger partial charge in [0.1, 0.15) is 5.75 Å². The second kappa shape index (κ2) is 11.8. The van der Waals surface area contributed by atoms with E-state index in [4.69, 9.17) is 18.9 Å². The van der Waals surface area contributed by atoms with Gasteiger partial charge in [-0.3, -0.25) is 9.97 Å². The zero-order valence-electron chi connectivity index (χ0n) is 19.1. The third-order valence-electron chi connectivity index (χ3n) is 5.47. The van der Waals surface area contributed by atoms with Gasteiger partial charge in [0.05, 0.1) is 43.2 Å². The molecule has 1 saturated heterocycles. The van der Waals surface area contributed by atoms with E-state index in [2.05, 4.69) is 21.9 Å². The SMILES string of the molecule is CCCOCCC1OCC(COc2ccnc(C[S+]([O-])c3nc4ccccc4[nH]3)c2C)CO1. The lowest BCUT2D eigenvalue weighted by Crippen LogP contribution is -2.35. The molecule has 2 aromatic heterocycles. The van der Waals surface area contributed by atoms with Crippen LogP contribution in [0.1, 0.15) is 31.0 Å². The van der Waals surface area contributed by atoms with Crippen molar-refractivity contribution in [3.05, 3.63) is 47.8 Å². The normalized spacial score (nSPS) is 19.6. The maximum Gasteiger partial charge on any atom is 0.322 e. The van der Waals surface area contributed by atoms with Crippen LogP contribution in [0.3, 0.4) is 0 Å². The number of nitrogens with one attached hydrogen (secondary N) is 1. The molecule has 1 aliphatic heterocycles. The van der Waals surface area contributed by atoms with Crippen molar-refractivity contribution in [2.24, 2.45) is 5.92 Å². The molecule has 1 N–H and O–H groups in total. The number of aromatic amines is 1. The molecule has 178 valence electrons. The lowest BCUT2D eigenvalue weighted by Gasteiger charge is -2.29. The van der Waals surface area contributed by atoms with E-state index < -0.39 is 11.2 Å². The summed E-state index contributed by atoms with van der Waals surface area (Å²) in [5.74, 6) is 1.15. The van der Waals surface area contributed by atoms with Gasteiger partial charge in [-0.1, -0.05) is 19.1 Å². The fourth-order valence-electron chi connectivity index (χ4n) is 3.57. The van der Waals surface area contributed by atoms with Gasteiger partial charge in [-0.15, -0.1) is 0 Å². The van der Waals surface area contributed by atoms with E-state index in [9.17, 15) is 4.55 Å². The van der Waals surface area contributed by atoms with E-state index in [1.54, 1.807) is 6.20 Å². The minimum absolute atomic E-state index is 0.151. The molecule has 3 aromatic rings. The van der Waals surface area contributed by atoms with Crippen molar-refractivity contribution in [2.45, 2.75) is 43.9 Å². The van der Waals surface area contributed by atoms with Crippen LogP contribution >= 0.6 is 0 Å². The summed E-state index contributed by atoms with van der Waals surface area (Å²) in [5, 5.41) is 0.454. The molecular formula is C24H31N3O5S. The minimum atomic E-state index is -1.34. The van der Waals surface area contributed by atoms with Crippen LogP contribution in [-0.2, 0) is 31.1 Å². The van der Waals surface area contributed by atoms with Crippen LogP contribution in [0.5, 0.6) is 5.75 Å². The summed E-state index contributed by atoms with van der Waals surface area (Å²) < 4.78 is 36.0. The van der Waals surface area contributed by atoms with Crippen molar-refractivity contribution in [1.82, 2.24) is 15.0 Å². The van der Waals surface area contributed by atoms with Crippen molar-refractivity contribution < 1.29 is 23.5 Å². The average molecular weight is 474 g/mol. The molecule has 1 atom stereocenters. The summed E-state index contributed by atoms with van der Waals surface area (Å²) in [7, 11) is 0. The van der Waals surface area contributed by atoms with Crippen molar-refractivity contribution >= 4 is 22.2 Å². The monoisotopic (exact) mass is 473 g/mol. The highest BCUT2D eigenvalue weighted by molar-refractivity contribution is 7.90. The van der Waals surface area contributed by atoms with Gasteiger partial charge in [0, 0.05) is 41.9 Å². The number of imidazole rings is 1. The molecular weight excluding hydrogens is 442 g/mol. The van der Waals surface area contributed by atoms with Crippen molar-refractivity contribution in [2.75, 3.05) is 33.0 Å². The van der Waals surface area contributed by atoms with E-state index in [0.717, 1.165) is 47.5 Å². The Morgan fingerprint density at radius 1 is 1.18 bits per heavy atom. The molecule has 9 heteroatoms. The Hall–Kier alpha value is -2.17. The number of pyridine rings is 1. The Balaban J connectivity index is 1.28. The standard InChI is InChI=1S/C24H31N3O5S/c1-3-11-29-12-9-23-31-14-18(15-32-23)13-30-22-8-10-25-21(17(22)2)16-33(28)24-26-19-6-4-5-7-20(19)27-24/h4-8,10,18,23H,3,9,11-16H2,1-2H3,(H,26,27). The number of aromatic nitrogens is 3. The second-order valence-corrected chi connectivity index (χ2v) is 9.47. The van der Waals surface area contributed by atoms with Crippen LogP contribution in [0, 0.1) is 12.8 Å². The van der Waals surface area contributed by atoms with Crippen molar-refractivity contribution in [3.8, 4) is 5.75 Å². The number of ether oxygens (including phenoxy) is 4. The molecule has 0 amide bonds. The van der Waals surface area contributed by atoms with Crippen molar-refractivity contribution in [1.29, 1.82) is 0 Å². The number of fused-ring (bicyclic) bond motifs is 1. The molecule has 3 heterocycles. The number of benzene rings is 1. The predicted octanol–water partition coefficient (Wildman–Crippen LogP) is 3.76. The topological polar surface area (TPSA) is 102 Å². The quantitative estimate of drug-likeness (QED) is 0.334. The molecule has 1 unspecified atom stereocenters. The highest BCUT2D eigenvalue weighted by Crippen LogP contribution is 2.25. The number of hydrogen-bond acceptors (Lipinski definition) is 7. The van der Waals surface area contributed by atoms with E-state index in [0.29, 0.717) is 31.6 Å². The largest absolute Gasteiger partial charge is 0.609 e. The first-order chi connectivity index (χ1) is 16.1. The average Bonchev–Trinajstić information content (AvgIpc) is 3.28. The Morgan fingerprint density at radius 3 is 2.79 bits per heavy atom. The number of nitrogens with zero attached hydrogens (tertiary/aromatic N) is 2. The van der Waals surface area contributed by atoms with E-state index in [1.807, 2.05) is 37.3 Å². The van der Waals surface area contributed by atoms with Crippen LogP contribution in [-0.4, -0.2) is 58.8 Å².